The highest BCUT2D eigenvalue weighted by molar-refractivity contribution is 8.02. The van der Waals surface area contributed by atoms with Crippen LogP contribution in [0.4, 0.5) is 0 Å². The van der Waals surface area contributed by atoms with E-state index in [0.717, 1.165) is 25.9 Å². The second-order valence-electron chi connectivity index (χ2n) is 3.90. The Bertz CT molecular complexity index is 224. The molecule has 74 valence electrons. The molecule has 0 aliphatic carbocycles. The average molecular weight is 201 g/mol. The van der Waals surface area contributed by atoms with Gasteiger partial charge >= 0.3 is 5.97 Å². The quantitative estimate of drug-likeness (QED) is 0.549. The minimum absolute atomic E-state index is 0.0309. The van der Waals surface area contributed by atoms with Crippen LogP contribution in [0, 0.1) is 0 Å². The number of nitrogens with zero attached hydrogens (tertiary/aromatic N) is 1. The maximum Gasteiger partial charge on any atom is 0.320 e. The van der Waals surface area contributed by atoms with Gasteiger partial charge in [0.25, 0.3) is 0 Å². The number of rotatable bonds is 0. The van der Waals surface area contributed by atoms with Gasteiger partial charge in [-0.25, -0.2) is 0 Å². The van der Waals surface area contributed by atoms with Crippen LogP contribution in [0.5, 0.6) is 0 Å². The van der Waals surface area contributed by atoms with Gasteiger partial charge in [0.05, 0.1) is 0 Å². The number of esters is 1. The van der Waals surface area contributed by atoms with Crippen LogP contribution in [0.25, 0.3) is 0 Å². The first-order valence-corrected chi connectivity index (χ1v) is 5.58. The Labute approximate surface area is 82.8 Å². The fourth-order valence-corrected chi connectivity index (χ4v) is 3.18. The first-order chi connectivity index (χ1) is 6.11. The molecule has 0 aromatic rings. The van der Waals surface area contributed by atoms with Crippen molar-refractivity contribution in [3.05, 3.63) is 0 Å². The van der Waals surface area contributed by atoms with Crippen molar-refractivity contribution in [2.24, 2.45) is 0 Å². The van der Waals surface area contributed by atoms with Gasteiger partial charge in [-0.05, 0) is 14.0 Å². The number of likely N-dealkylation sites (tertiary alicyclic amines) is 1. The molecule has 0 saturated carbocycles. The van der Waals surface area contributed by atoms with Crippen molar-refractivity contribution in [1.29, 1.82) is 0 Å². The van der Waals surface area contributed by atoms with E-state index in [0.29, 0.717) is 0 Å². The minimum Gasteiger partial charge on any atom is -0.447 e. The van der Waals surface area contributed by atoms with Crippen LogP contribution in [-0.4, -0.2) is 41.2 Å². The topological polar surface area (TPSA) is 29.5 Å². The summed E-state index contributed by atoms with van der Waals surface area (Å²) in [5.41, 5.74) is 0. The van der Waals surface area contributed by atoms with Crippen LogP contribution in [0.2, 0.25) is 0 Å². The van der Waals surface area contributed by atoms with Gasteiger partial charge in [0.15, 0.2) is 4.93 Å². The number of carbonyl (C=O) groups excluding carboxylic acids is 1. The lowest BCUT2D eigenvalue weighted by Gasteiger charge is -2.35. The summed E-state index contributed by atoms with van der Waals surface area (Å²) in [6.07, 6.45) is 1.95. The number of hydrogen-bond donors (Lipinski definition) is 0. The zero-order valence-electron chi connectivity index (χ0n) is 8.08. The summed E-state index contributed by atoms with van der Waals surface area (Å²) in [7, 11) is 2.11. The molecule has 2 aliphatic rings. The lowest BCUT2D eigenvalue weighted by atomic mass is 10.1. The molecule has 1 unspecified atom stereocenters. The predicted octanol–water partition coefficient (Wildman–Crippen LogP) is 1.09. The minimum atomic E-state index is -0.178. The number of ether oxygens (including phenoxy) is 1. The molecule has 2 heterocycles. The van der Waals surface area contributed by atoms with Crippen LogP contribution >= 0.6 is 11.8 Å². The SMILES string of the molecule is CC1SC2(CCN(C)CC2)OC1=O. The lowest BCUT2D eigenvalue weighted by Crippen LogP contribution is -2.40. The largest absolute Gasteiger partial charge is 0.447 e. The molecule has 2 saturated heterocycles. The van der Waals surface area contributed by atoms with E-state index >= 15 is 0 Å². The maximum atomic E-state index is 11.3. The Morgan fingerprint density at radius 2 is 2.15 bits per heavy atom. The van der Waals surface area contributed by atoms with E-state index in [-0.39, 0.29) is 16.2 Å². The van der Waals surface area contributed by atoms with Gasteiger partial charge in [-0.2, -0.15) is 0 Å². The Morgan fingerprint density at radius 1 is 1.54 bits per heavy atom. The second-order valence-corrected chi connectivity index (χ2v) is 5.58. The van der Waals surface area contributed by atoms with Crippen molar-refractivity contribution in [2.75, 3.05) is 20.1 Å². The third kappa shape index (κ3) is 1.70. The first kappa shape index (κ1) is 9.34. The summed E-state index contributed by atoms with van der Waals surface area (Å²) in [6, 6.07) is 0. The summed E-state index contributed by atoms with van der Waals surface area (Å²) in [6.45, 7) is 4.00. The normalized spacial score (nSPS) is 33.7. The molecule has 13 heavy (non-hydrogen) atoms. The van der Waals surface area contributed by atoms with Gasteiger partial charge in [0.1, 0.15) is 5.25 Å². The zero-order valence-corrected chi connectivity index (χ0v) is 8.89. The standard InChI is InChI=1S/C9H15NO2S/c1-7-8(11)12-9(13-7)3-5-10(2)6-4-9/h7H,3-6H2,1-2H3. The summed E-state index contributed by atoms with van der Waals surface area (Å²) >= 11 is 1.70. The molecule has 2 rings (SSSR count). The van der Waals surface area contributed by atoms with Crippen molar-refractivity contribution in [1.82, 2.24) is 4.90 Å². The molecule has 0 N–H and O–H groups in total. The van der Waals surface area contributed by atoms with Crippen molar-refractivity contribution in [3.8, 4) is 0 Å². The van der Waals surface area contributed by atoms with Gasteiger partial charge in [-0.15, -0.1) is 0 Å². The Morgan fingerprint density at radius 3 is 2.62 bits per heavy atom. The molecule has 0 radical (unpaired) electrons. The van der Waals surface area contributed by atoms with Gasteiger partial charge < -0.3 is 9.64 Å². The molecule has 0 aromatic carbocycles. The Balaban J connectivity index is 2.03. The summed E-state index contributed by atoms with van der Waals surface area (Å²) in [5, 5.41) is 0.0309. The van der Waals surface area contributed by atoms with E-state index in [4.69, 9.17) is 4.74 Å². The van der Waals surface area contributed by atoms with Crippen molar-refractivity contribution in [3.63, 3.8) is 0 Å². The third-order valence-electron chi connectivity index (χ3n) is 2.76. The molecule has 1 spiro atoms. The van der Waals surface area contributed by atoms with E-state index in [1.807, 2.05) is 6.92 Å². The van der Waals surface area contributed by atoms with E-state index in [1.165, 1.54) is 0 Å². The fourth-order valence-electron chi connectivity index (χ4n) is 1.84. The monoisotopic (exact) mass is 201 g/mol. The zero-order chi connectivity index (χ0) is 9.47. The van der Waals surface area contributed by atoms with Crippen molar-refractivity contribution < 1.29 is 9.53 Å². The molecular weight excluding hydrogens is 186 g/mol. The lowest BCUT2D eigenvalue weighted by molar-refractivity contribution is -0.149. The van der Waals surface area contributed by atoms with Gasteiger partial charge in [-0.1, -0.05) is 11.8 Å². The van der Waals surface area contributed by atoms with Gasteiger partial charge in [0, 0.05) is 25.9 Å². The van der Waals surface area contributed by atoms with Crippen LogP contribution in [0.1, 0.15) is 19.8 Å². The number of carbonyl (C=O) groups is 1. The van der Waals surface area contributed by atoms with E-state index in [2.05, 4.69) is 11.9 Å². The molecule has 0 amide bonds. The van der Waals surface area contributed by atoms with Gasteiger partial charge in [0.2, 0.25) is 0 Å². The highest BCUT2D eigenvalue weighted by Crippen LogP contribution is 2.45. The number of thioether (sulfide) groups is 1. The molecule has 3 nitrogen and oxygen atoms in total. The molecule has 2 fully saturated rings. The molecule has 1 atom stereocenters. The first-order valence-electron chi connectivity index (χ1n) is 4.71. The molecule has 0 bridgehead atoms. The van der Waals surface area contributed by atoms with Crippen molar-refractivity contribution in [2.45, 2.75) is 29.9 Å². The van der Waals surface area contributed by atoms with Crippen LogP contribution in [0.15, 0.2) is 0 Å². The van der Waals surface area contributed by atoms with Crippen molar-refractivity contribution >= 4 is 17.7 Å². The smallest absolute Gasteiger partial charge is 0.320 e. The fraction of sp³-hybridized carbons (Fsp3) is 0.889. The van der Waals surface area contributed by atoms with Crippen LogP contribution < -0.4 is 0 Å². The van der Waals surface area contributed by atoms with E-state index < -0.39 is 0 Å². The average Bonchev–Trinajstić information content (AvgIpc) is 2.36. The van der Waals surface area contributed by atoms with Crippen LogP contribution in [0.3, 0.4) is 0 Å². The Kier molecular flexibility index (Phi) is 2.28. The highest BCUT2D eigenvalue weighted by Gasteiger charge is 2.46. The Hall–Kier alpha value is -0.220. The predicted molar refractivity (Wildman–Crippen MR) is 52.6 cm³/mol. The van der Waals surface area contributed by atoms with E-state index in [9.17, 15) is 4.79 Å². The summed E-state index contributed by atoms with van der Waals surface area (Å²) in [4.78, 5) is 13.4. The molecular formula is C9H15NO2S. The summed E-state index contributed by atoms with van der Waals surface area (Å²) in [5.74, 6) is -0.0328. The maximum absolute atomic E-state index is 11.3. The number of hydrogen-bond acceptors (Lipinski definition) is 4. The molecule has 0 aromatic heterocycles. The number of piperidine rings is 1. The third-order valence-corrected chi connectivity index (χ3v) is 4.23. The molecule has 4 heteroatoms. The highest BCUT2D eigenvalue weighted by atomic mass is 32.2. The summed E-state index contributed by atoms with van der Waals surface area (Å²) < 4.78 is 5.45. The molecule has 2 aliphatic heterocycles. The second kappa shape index (κ2) is 3.17. The van der Waals surface area contributed by atoms with Crippen LogP contribution in [-0.2, 0) is 9.53 Å². The van der Waals surface area contributed by atoms with E-state index in [1.54, 1.807) is 11.8 Å². The van der Waals surface area contributed by atoms with Gasteiger partial charge in [-0.3, -0.25) is 4.79 Å².